The van der Waals surface area contributed by atoms with Crippen LogP contribution in [0.4, 0.5) is 0 Å². The summed E-state index contributed by atoms with van der Waals surface area (Å²) in [6.07, 6.45) is 7.66. The van der Waals surface area contributed by atoms with Crippen molar-refractivity contribution in [1.82, 2.24) is 4.90 Å². The predicted molar refractivity (Wildman–Crippen MR) is 71.7 cm³/mol. The van der Waals surface area contributed by atoms with Gasteiger partial charge in [-0.05, 0) is 25.7 Å². The number of carbonyl (C=O) groups excluding carboxylic acids is 1. The number of nitrogens with zero attached hydrogens (tertiary/aromatic N) is 1. The molecular formula is C14H28N2O. The summed E-state index contributed by atoms with van der Waals surface area (Å²) in [7, 11) is 0. The maximum Gasteiger partial charge on any atom is 0.227 e. The molecule has 1 fully saturated rings. The van der Waals surface area contributed by atoms with E-state index in [1.54, 1.807) is 0 Å². The molecule has 0 aromatic carbocycles. The highest BCUT2D eigenvalue weighted by atomic mass is 16.2. The highest BCUT2D eigenvalue weighted by Gasteiger charge is 2.29. The van der Waals surface area contributed by atoms with Crippen LogP contribution >= 0.6 is 0 Å². The van der Waals surface area contributed by atoms with Gasteiger partial charge in [-0.2, -0.15) is 0 Å². The van der Waals surface area contributed by atoms with Gasteiger partial charge in [0.1, 0.15) is 0 Å². The molecule has 0 aromatic heterocycles. The zero-order chi connectivity index (χ0) is 12.7. The van der Waals surface area contributed by atoms with Gasteiger partial charge in [0.05, 0.1) is 5.92 Å². The molecule has 2 unspecified atom stereocenters. The minimum Gasteiger partial charge on any atom is -0.342 e. The van der Waals surface area contributed by atoms with E-state index in [9.17, 15) is 4.79 Å². The van der Waals surface area contributed by atoms with Gasteiger partial charge in [0.15, 0.2) is 0 Å². The van der Waals surface area contributed by atoms with Crippen LogP contribution in [0.5, 0.6) is 0 Å². The Morgan fingerprint density at radius 1 is 1.12 bits per heavy atom. The van der Waals surface area contributed by atoms with E-state index < -0.39 is 0 Å². The van der Waals surface area contributed by atoms with Gasteiger partial charge >= 0.3 is 0 Å². The second-order valence-corrected chi connectivity index (χ2v) is 5.23. The van der Waals surface area contributed by atoms with Crippen molar-refractivity contribution in [3.8, 4) is 0 Å². The molecule has 3 nitrogen and oxygen atoms in total. The minimum atomic E-state index is 0.0793. The third-order valence-electron chi connectivity index (χ3n) is 3.69. The van der Waals surface area contributed by atoms with Crippen LogP contribution < -0.4 is 5.73 Å². The van der Waals surface area contributed by atoms with Crippen molar-refractivity contribution in [1.29, 1.82) is 0 Å². The summed E-state index contributed by atoms with van der Waals surface area (Å²) in [6.45, 7) is 6.03. The first kappa shape index (κ1) is 14.5. The zero-order valence-electron chi connectivity index (χ0n) is 11.5. The van der Waals surface area contributed by atoms with Crippen LogP contribution in [0.25, 0.3) is 0 Å². The molecule has 1 saturated carbocycles. The van der Waals surface area contributed by atoms with Crippen molar-refractivity contribution in [3.63, 3.8) is 0 Å². The highest BCUT2D eigenvalue weighted by Crippen LogP contribution is 2.24. The number of hydrogen-bond acceptors (Lipinski definition) is 2. The lowest BCUT2D eigenvalue weighted by Gasteiger charge is -2.29. The summed E-state index contributed by atoms with van der Waals surface area (Å²) in [5, 5.41) is 0. The van der Waals surface area contributed by atoms with Gasteiger partial charge in [0.2, 0.25) is 5.91 Å². The molecule has 3 heteroatoms. The van der Waals surface area contributed by atoms with Crippen LogP contribution in [0.1, 0.15) is 58.8 Å². The van der Waals surface area contributed by atoms with Crippen LogP contribution in [-0.2, 0) is 4.79 Å². The quantitative estimate of drug-likeness (QED) is 0.751. The lowest BCUT2D eigenvalue weighted by atomic mass is 9.94. The molecule has 0 aliphatic heterocycles. The number of rotatable bonds is 5. The highest BCUT2D eigenvalue weighted by molar-refractivity contribution is 5.79. The molecule has 0 radical (unpaired) electrons. The van der Waals surface area contributed by atoms with Crippen molar-refractivity contribution >= 4 is 5.91 Å². The molecule has 1 amide bonds. The first-order valence-electron chi connectivity index (χ1n) is 7.25. The van der Waals surface area contributed by atoms with Gasteiger partial charge < -0.3 is 10.6 Å². The third-order valence-corrected chi connectivity index (χ3v) is 3.69. The Balaban J connectivity index is 2.62. The van der Waals surface area contributed by atoms with Gasteiger partial charge in [-0.15, -0.1) is 0 Å². The minimum absolute atomic E-state index is 0.0793. The topological polar surface area (TPSA) is 46.3 Å². The summed E-state index contributed by atoms with van der Waals surface area (Å²) in [5.74, 6) is 0.388. The van der Waals surface area contributed by atoms with Crippen molar-refractivity contribution in [2.45, 2.75) is 64.8 Å². The molecular weight excluding hydrogens is 212 g/mol. The first-order chi connectivity index (χ1) is 8.20. The monoisotopic (exact) mass is 240 g/mol. The van der Waals surface area contributed by atoms with Crippen LogP contribution in [0.15, 0.2) is 0 Å². The van der Waals surface area contributed by atoms with Crippen molar-refractivity contribution in [2.24, 2.45) is 11.7 Å². The number of carbonyl (C=O) groups is 1. The van der Waals surface area contributed by atoms with E-state index in [0.717, 1.165) is 45.2 Å². The molecule has 0 aromatic rings. The van der Waals surface area contributed by atoms with Crippen LogP contribution in [0.2, 0.25) is 0 Å². The molecule has 0 heterocycles. The molecule has 1 rings (SSSR count). The Morgan fingerprint density at radius 2 is 1.71 bits per heavy atom. The predicted octanol–water partition coefficient (Wildman–Crippen LogP) is 2.54. The smallest absolute Gasteiger partial charge is 0.227 e. The molecule has 2 atom stereocenters. The van der Waals surface area contributed by atoms with Gasteiger partial charge in [-0.25, -0.2) is 0 Å². The Morgan fingerprint density at radius 3 is 2.29 bits per heavy atom. The van der Waals surface area contributed by atoms with E-state index >= 15 is 0 Å². The molecule has 0 bridgehead atoms. The Labute approximate surface area is 106 Å². The average Bonchev–Trinajstić information content (AvgIpc) is 2.53. The van der Waals surface area contributed by atoms with Gasteiger partial charge in [0.25, 0.3) is 0 Å². The summed E-state index contributed by atoms with van der Waals surface area (Å²) in [4.78, 5) is 14.5. The fourth-order valence-corrected chi connectivity index (χ4v) is 2.75. The number of amides is 1. The van der Waals surface area contributed by atoms with Crippen molar-refractivity contribution in [3.05, 3.63) is 0 Å². The van der Waals surface area contributed by atoms with Gasteiger partial charge in [-0.1, -0.05) is 33.1 Å². The largest absolute Gasteiger partial charge is 0.342 e. The molecule has 17 heavy (non-hydrogen) atoms. The standard InChI is InChI=1S/C14H28N2O/c1-3-10-16(11-4-2)14(17)12-8-6-5-7-9-13(12)15/h12-13H,3-11,15H2,1-2H3. The van der Waals surface area contributed by atoms with Crippen LogP contribution in [-0.4, -0.2) is 29.9 Å². The van der Waals surface area contributed by atoms with E-state index in [-0.39, 0.29) is 12.0 Å². The number of hydrogen-bond donors (Lipinski definition) is 1. The fraction of sp³-hybridized carbons (Fsp3) is 0.929. The van der Waals surface area contributed by atoms with Crippen LogP contribution in [0, 0.1) is 5.92 Å². The molecule has 0 spiro atoms. The Bertz CT molecular complexity index is 224. The van der Waals surface area contributed by atoms with Crippen LogP contribution in [0.3, 0.4) is 0 Å². The molecule has 2 N–H and O–H groups in total. The molecule has 0 saturated heterocycles. The summed E-state index contributed by atoms with van der Waals surface area (Å²) in [6, 6.07) is 0.0845. The summed E-state index contributed by atoms with van der Waals surface area (Å²) >= 11 is 0. The van der Waals surface area contributed by atoms with E-state index in [0.29, 0.717) is 5.91 Å². The zero-order valence-corrected chi connectivity index (χ0v) is 11.5. The van der Waals surface area contributed by atoms with Gasteiger partial charge in [0, 0.05) is 19.1 Å². The van der Waals surface area contributed by atoms with E-state index in [1.807, 2.05) is 4.90 Å². The SMILES string of the molecule is CCCN(CCC)C(=O)C1CCCCCC1N. The molecule has 1 aliphatic rings. The third kappa shape index (κ3) is 4.30. The first-order valence-corrected chi connectivity index (χ1v) is 7.25. The maximum absolute atomic E-state index is 12.5. The lowest BCUT2D eigenvalue weighted by molar-refractivity contribution is -0.136. The molecule has 100 valence electrons. The van der Waals surface area contributed by atoms with E-state index in [2.05, 4.69) is 13.8 Å². The van der Waals surface area contributed by atoms with E-state index in [4.69, 9.17) is 5.73 Å². The van der Waals surface area contributed by atoms with Crippen molar-refractivity contribution in [2.75, 3.05) is 13.1 Å². The molecule has 1 aliphatic carbocycles. The summed E-state index contributed by atoms with van der Waals surface area (Å²) < 4.78 is 0. The van der Waals surface area contributed by atoms with E-state index in [1.165, 1.54) is 12.8 Å². The average molecular weight is 240 g/mol. The second-order valence-electron chi connectivity index (χ2n) is 5.23. The summed E-state index contributed by atoms with van der Waals surface area (Å²) in [5.41, 5.74) is 6.16. The second kappa shape index (κ2) is 7.70. The maximum atomic E-state index is 12.5. The fourth-order valence-electron chi connectivity index (χ4n) is 2.75. The number of nitrogens with two attached hydrogens (primary N) is 1. The lowest BCUT2D eigenvalue weighted by Crippen LogP contribution is -2.44. The van der Waals surface area contributed by atoms with Crippen molar-refractivity contribution < 1.29 is 4.79 Å². The Kier molecular flexibility index (Phi) is 6.56. The normalized spacial score (nSPS) is 25.4. The Hall–Kier alpha value is -0.570. The van der Waals surface area contributed by atoms with Gasteiger partial charge in [-0.3, -0.25) is 4.79 Å².